The zero-order chi connectivity index (χ0) is 22.9. The van der Waals surface area contributed by atoms with Gasteiger partial charge in [0.1, 0.15) is 19.1 Å². The average Bonchev–Trinajstić information content (AvgIpc) is 3.04. The van der Waals surface area contributed by atoms with Crippen LogP contribution in [0.5, 0.6) is 5.75 Å². The number of aromatic nitrogens is 2. The minimum atomic E-state index is -1.19. The van der Waals surface area contributed by atoms with Gasteiger partial charge >= 0.3 is 6.09 Å². The number of hydrogen-bond acceptors (Lipinski definition) is 7. The molecule has 0 fully saturated rings. The Morgan fingerprint density at radius 1 is 1.42 bits per heavy atom. The third-order valence-electron chi connectivity index (χ3n) is 4.29. The molecular formula is C20H30N4O5SSi. The van der Waals surface area contributed by atoms with E-state index in [4.69, 9.17) is 24.8 Å². The van der Waals surface area contributed by atoms with Gasteiger partial charge in [0.2, 0.25) is 0 Å². The number of carboxylic acid groups (broad SMARTS) is 1. The monoisotopic (exact) mass is 466 g/mol. The van der Waals surface area contributed by atoms with E-state index in [2.05, 4.69) is 25.0 Å². The van der Waals surface area contributed by atoms with Crippen LogP contribution >= 0.6 is 11.8 Å². The van der Waals surface area contributed by atoms with Crippen molar-refractivity contribution in [2.24, 2.45) is 0 Å². The molecule has 31 heavy (non-hydrogen) atoms. The lowest BCUT2D eigenvalue weighted by Gasteiger charge is -2.16. The minimum Gasteiger partial charge on any atom is -0.490 e. The van der Waals surface area contributed by atoms with Crippen molar-refractivity contribution in [2.45, 2.75) is 50.1 Å². The summed E-state index contributed by atoms with van der Waals surface area (Å²) < 4.78 is 13.4. The summed E-state index contributed by atoms with van der Waals surface area (Å²) in [7, 11) is -1.19. The Morgan fingerprint density at radius 2 is 2.19 bits per heavy atom. The molecule has 1 aromatic heterocycles. The summed E-state index contributed by atoms with van der Waals surface area (Å²) in [6.45, 7) is 8.26. The third-order valence-corrected chi connectivity index (χ3v) is 7.05. The van der Waals surface area contributed by atoms with Crippen LogP contribution in [0, 0.1) is 11.3 Å². The molecule has 0 aliphatic carbocycles. The fraction of sp³-hybridized carbons (Fsp3) is 0.550. The van der Waals surface area contributed by atoms with Gasteiger partial charge in [0, 0.05) is 33.0 Å². The molecule has 1 atom stereocenters. The van der Waals surface area contributed by atoms with Crippen LogP contribution < -0.4 is 10.1 Å². The molecule has 0 aliphatic rings. The van der Waals surface area contributed by atoms with E-state index >= 15 is 0 Å². The number of benzene rings is 1. The maximum atomic E-state index is 10.6. The summed E-state index contributed by atoms with van der Waals surface area (Å²) in [5, 5.41) is 29.9. The van der Waals surface area contributed by atoms with Crippen molar-refractivity contribution in [3.8, 4) is 11.8 Å². The maximum Gasteiger partial charge on any atom is 0.404 e. The molecule has 1 unspecified atom stereocenters. The highest BCUT2D eigenvalue weighted by Crippen LogP contribution is 2.27. The van der Waals surface area contributed by atoms with Gasteiger partial charge in [-0.25, -0.2) is 9.78 Å². The van der Waals surface area contributed by atoms with E-state index in [1.165, 1.54) is 11.8 Å². The Morgan fingerprint density at radius 3 is 2.87 bits per heavy atom. The van der Waals surface area contributed by atoms with Crippen molar-refractivity contribution in [1.82, 2.24) is 14.9 Å². The number of thioether (sulfide) groups is 1. The summed E-state index contributed by atoms with van der Waals surface area (Å²) in [5.74, 6) is 1.23. The van der Waals surface area contributed by atoms with Crippen molar-refractivity contribution < 1.29 is 24.5 Å². The van der Waals surface area contributed by atoms with Gasteiger partial charge in [-0.05, 0) is 24.6 Å². The van der Waals surface area contributed by atoms with E-state index < -0.39 is 20.3 Å². The van der Waals surface area contributed by atoms with Crippen molar-refractivity contribution in [3.63, 3.8) is 0 Å². The van der Waals surface area contributed by atoms with Gasteiger partial charge in [-0.1, -0.05) is 31.4 Å². The zero-order valence-corrected chi connectivity index (χ0v) is 19.9. The predicted molar refractivity (Wildman–Crippen MR) is 122 cm³/mol. The van der Waals surface area contributed by atoms with E-state index in [0.717, 1.165) is 22.2 Å². The highest BCUT2D eigenvalue weighted by atomic mass is 32.2. The first-order valence-electron chi connectivity index (χ1n) is 10.1. The molecule has 1 aromatic carbocycles. The molecule has 0 spiro atoms. The highest BCUT2D eigenvalue weighted by molar-refractivity contribution is 7.99. The van der Waals surface area contributed by atoms with Gasteiger partial charge in [0.25, 0.3) is 0 Å². The van der Waals surface area contributed by atoms with Crippen LogP contribution in [-0.2, 0) is 11.5 Å². The summed E-state index contributed by atoms with van der Waals surface area (Å²) in [5.41, 5.74) is 1.62. The van der Waals surface area contributed by atoms with Crippen LogP contribution in [0.1, 0.15) is 6.42 Å². The number of aliphatic hydroxyl groups is 1. The normalized spacial score (nSPS) is 12.5. The highest BCUT2D eigenvalue weighted by Gasteiger charge is 2.15. The molecule has 3 N–H and O–H groups in total. The second-order valence-corrected chi connectivity index (χ2v) is 14.9. The smallest absolute Gasteiger partial charge is 0.404 e. The number of nitrogens with zero attached hydrogens (tertiary/aromatic N) is 3. The minimum absolute atomic E-state index is 0.110. The molecule has 0 aliphatic heterocycles. The van der Waals surface area contributed by atoms with E-state index in [1.807, 2.05) is 10.6 Å². The number of hydrogen-bond donors (Lipinski definition) is 3. The van der Waals surface area contributed by atoms with Crippen molar-refractivity contribution >= 4 is 37.0 Å². The number of ether oxygens (including phenoxy) is 2. The molecule has 0 saturated carbocycles. The molecule has 0 radical (unpaired) electrons. The van der Waals surface area contributed by atoms with Crippen LogP contribution in [0.15, 0.2) is 23.4 Å². The van der Waals surface area contributed by atoms with Gasteiger partial charge in [0.05, 0.1) is 17.1 Å². The SMILES string of the molecule is C[Si](C)(C)CCOCn1c(SCCCNC(=O)O)nc2cc(OCC(O)C#N)ccc21. The van der Waals surface area contributed by atoms with Crippen LogP contribution in [0.3, 0.4) is 0 Å². The second kappa shape index (κ2) is 11.9. The number of rotatable bonds is 13. The third kappa shape index (κ3) is 8.78. The summed E-state index contributed by atoms with van der Waals surface area (Å²) >= 11 is 1.54. The number of amides is 1. The summed E-state index contributed by atoms with van der Waals surface area (Å²) in [4.78, 5) is 15.3. The van der Waals surface area contributed by atoms with Crippen LogP contribution in [0.25, 0.3) is 11.0 Å². The number of nitriles is 1. The molecular weight excluding hydrogens is 436 g/mol. The molecule has 1 heterocycles. The summed E-state index contributed by atoms with van der Waals surface area (Å²) in [6, 6.07) is 8.22. The van der Waals surface area contributed by atoms with Crippen molar-refractivity contribution in [3.05, 3.63) is 18.2 Å². The lowest BCUT2D eigenvalue weighted by molar-refractivity contribution is 0.0843. The lowest BCUT2D eigenvalue weighted by Crippen LogP contribution is -2.22. The molecule has 9 nitrogen and oxygen atoms in total. The van der Waals surface area contributed by atoms with Crippen LogP contribution in [-0.4, -0.2) is 65.5 Å². The lowest BCUT2D eigenvalue weighted by atomic mass is 10.3. The predicted octanol–water partition coefficient (Wildman–Crippen LogP) is 3.36. The number of imidazole rings is 1. The standard InChI is InChI=1S/C20H30N4O5SSi/c1-31(2,3)10-8-28-14-24-18-6-5-16(29-13-15(25)12-21)11-17(18)23-19(24)30-9-4-7-22-20(26)27/h5-6,11,15,22,25H,4,7-10,13-14H2,1-3H3,(H,26,27). The number of carbonyl (C=O) groups is 1. The largest absolute Gasteiger partial charge is 0.490 e. The Bertz CT molecular complexity index is 909. The average molecular weight is 467 g/mol. The molecule has 0 saturated heterocycles. The Hall–Kier alpha value is -2.26. The Balaban J connectivity index is 2.11. The van der Waals surface area contributed by atoms with Gasteiger partial charge in [-0.2, -0.15) is 5.26 Å². The van der Waals surface area contributed by atoms with Crippen molar-refractivity contribution in [2.75, 3.05) is 25.5 Å². The quantitative estimate of drug-likeness (QED) is 0.177. The molecule has 2 rings (SSSR count). The van der Waals surface area contributed by atoms with Gasteiger partial charge < -0.3 is 25.0 Å². The molecule has 170 valence electrons. The first kappa shape index (κ1) is 25.0. The fourth-order valence-electron chi connectivity index (χ4n) is 2.59. The fourth-order valence-corrected chi connectivity index (χ4v) is 4.29. The van der Waals surface area contributed by atoms with E-state index in [0.29, 0.717) is 37.8 Å². The van der Waals surface area contributed by atoms with E-state index in [1.54, 1.807) is 18.2 Å². The molecule has 2 aromatic rings. The van der Waals surface area contributed by atoms with Gasteiger partial charge in [-0.15, -0.1) is 0 Å². The zero-order valence-electron chi connectivity index (χ0n) is 18.1. The van der Waals surface area contributed by atoms with Gasteiger partial charge in [-0.3, -0.25) is 4.57 Å². The topological polar surface area (TPSA) is 130 Å². The number of aliphatic hydroxyl groups excluding tert-OH is 1. The van der Waals surface area contributed by atoms with Gasteiger partial charge in [0.15, 0.2) is 11.3 Å². The first-order valence-corrected chi connectivity index (χ1v) is 14.8. The van der Waals surface area contributed by atoms with Crippen molar-refractivity contribution in [1.29, 1.82) is 5.26 Å². The Kier molecular flexibility index (Phi) is 9.64. The van der Waals surface area contributed by atoms with E-state index in [9.17, 15) is 9.90 Å². The first-order chi connectivity index (χ1) is 14.7. The number of fused-ring (bicyclic) bond motifs is 1. The maximum absolute atomic E-state index is 10.6. The number of nitrogens with one attached hydrogen (secondary N) is 1. The molecule has 1 amide bonds. The molecule has 11 heteroatoms. The Labute approximate surface area is 187 Å². The molecule has 0 bridgehead atoms. The summed E-state index contributed by atoms with van der Waals surface area (Å²) in [6.07, 6.45) is -1.53. The second-order valence-electron chi connectivity index (χ2n) is 8.21. The van der Waals surface area contributed by atoms with Crippen LogP contribution in [0.4, 0.5) is 4.79 Å². The van der Waals surface area contributed by atoms with Crippen LogP contribution in [0.2, 0.25) is 25.7 Å². The van der Waals surface area contributed by atoms with E-state index in [-0.39, 0.29) is 6.61 Å².